The fourth-order valence-electron chi connectivity index (χ4n) is 3.78. The summed E-state index contributed by atoms with van der Waals surface area (Å²) in [5.74, 6) is 0.135. The highest BCUT2D eigenvalue weighted by Crippen LogP contribution is 2.25. The van der Waals surface area contributed by atoms with E-state index in [1.165, 1.54) is 0 Å². The highest BCUT2D eigenvalue weighted by atomic mass is 16.2. The third-order valence-corrected chi connectivity index (χ3v) is 5.28. The first kappa shape index (κ1) is 19.7. The molecule has 4 rings (SSSR count). The molecule has 2 N–H and O–H groups in total. The van der Waals surface area contributed by atoms with Crippen LogP contribution in [-0.4, -0.2) is 18.5 Å². The molecule has 1 heterocycles. The minimum absolute atomic E-state index is 0.135. The molecule has 1 fully saturated rings. The smallest absolute Gasteiger partial charge is 0.319 e. The molecule has 5 heteroatoms. The van der Waals surface area contributed by atoms with Crippen molar-refractivity contribution in [2.45, 2.75) is 25.3 Å². The average molecular weight is 399 g/mol. The number of amides is 3. The molecule has 0 atom stereocenters. The number of nitrogens with zero attached hydrogens (tertiary/aromatic N) is 1. The third-order valence-electron chi connectivity index (χ3n) is 5.28. The second-order valence-corrected chi connectivity index (χ2v) is 7.41. The summed E-state index contributed by atoms with van der Waals surface area (Å²) < 4.78 is 0. The van der Waals surface area contributed by atoms with Gasteiger partial charge in [-0.1, -0.05) is 66.7 Å². The molecule has 3 aromatic rings. The van der Waals surface area contributed by atoms with E-state index >= 15 is 0 Å². The van der Waals surface area contributed by atoms with Crippen LogP contribution in [0.25, 0.3) is 0 Å². The minimum Gasteiger partial charge on any atom is -0.327 e. The fourth-order valence-corrected chi connectivity index (χ4v) is 3.78. The summed E-state index contributed by atoms with van der Waals surface area (Å²) in [7, 11) is 0. The standard InChI is InChI=1S/C25H25N3O2/c29-23-16-7-8-17-28(23)22-15-9-14-21(18-22)26-25(30)27-24(19-10-3-1-4-11-19)20-12-5-2-6-13-20/h1-6,9-15,18,24H,7-8,16-17H2,(H2,26,27,30). The van der Waals surface area contributed by atoms with Gasteiger partial charge < -0.3 is 15.5 Å². The molecule has 0 bridgehead atoms. The predicted molar refractivity (Wildman–Crippen MR) is 120 cm³/mol. The Balaban J connectivity index is 1.50. The number of carbonyl (C=O) groups excluding carboxylic acids is 2. The van der Waals surface area contributed by atoms with E-state index in [0.29, 0.717) is 12.1 Å². The Labute approximate surface area is 176 Å². The molecule has 0 unspecified atom stereocenters. The van der Waals surface area contributed by atoms with Crippen LogP contribution in [0.1, 0.15) is 36.4 Å². The summed E-state index contributed by atoms with van der Waals surface area (Å²) in [5.41, 5.74) is 3.49. The molecule has 3 amide bonds. The largest absolute Gasteiger partial charge is 0.327 e. The molecule has 1 aliphatic rings. The zero-order valence-electron chi connectivity index (χ0n) is 16.8. The van der Waals surface area contributed by atoms with Crippen LogP contribution in [0.2, 0.25) is 0 Å². The maximum Gasteiger partial charge on any atom is 0.319 e. The Morgan fingerprint density at radius 1 is 0.833 bits per heavy atom. The van der Waals surface area contributed by atoms with Crippen LogP contribution < -0.4 is 15.5 Å². The summed E-state index contributed by atoms with van der Waals surface area (Å²) in [5, 5.41) is 5.99. The van der Waals surface area contributed by atoms with E-state index in [0.717, 1.165) is 36.2 Å². The molecule has 1 saturated heterocycles. The van der Waals surface area contributed by atoms with Crippen molar-refractivity contribution in [2.24, 2.45) is 0 Å². The van der Waals surface area contributed by atoms with Crippen LogP contribution in [0.5, 0.6) is 0 Å². The molecule has 1 aliphatic heterocycles. The number of rotatable bonds is 5. The van der Waals surface area contributed by atoms with Gasteiger partial charge in [0.05, 0.1) is 6.04 Å². The number of hydrogen-bond donors (Lipinski definition) is 2. The first-order chi connectivity index (χ1) is 14.7. The lowest BCUT2D eigenvalue weighted by Gasteiger charge is -2.27. The zero-order valence-corrected chi connectivity index (χ0v) is 16.8. The summed E-state index contributed by atoms with van der Waals surface area (Å²) in [6.45, 7) is 0.721. The van der Waals surface area contributed by atoms with Crippen molar-refractivity contribution < 1.29 is 9.59 Å². The Morgan fingerprint density at radius 3 is 2.13 bits per heavy atom. The molecule has 3 aromatic carbocycles. The van der Waals surface area contributed by atoms with Crippen molar-refractivity contribution in [1.29, 1.82) is 0 Å². The Kier molecular flexibility index (Phi) is 6.09. The molecule has 5 nitrogen and oxygen atoms in total. The van der Waals surface area contributed by atoms with Gasteiger partial charge in [-0.2, -0.15) is 0 Å². The molecule has 0 saturated carbocycles. The lowest BCUT2D eigenvalue weighted by Crippen LogP contribution is -2.35. The van der Waals surface area contributed by atoms with E-state index < -0.39 is 0 Å². The van der Waals surface area contributed by atoms with Gasteiger partial charge in [0, 0.05) is 24.3 Å². The number of carbonyl (C=O) groups is 2. The van der Waals surface area contributed by atoms with E-state index in [2.05, 4.69) is 10.6 Å². The van der Waals surface area contributed by atoms with Crippen molar-refractivity contribution in [3.8, 4) is 0 Å². The molecular weight excluding hydrogens is 374 g/mol. The first-order valence-electron chi connectivity index (χ1n) is 10.3. The van der Waals surface area contributed by atoms with E-state index in [9.17, 15) is 9.59 Å². The van der Waals surface area contributed by atoms with Crippen LogP contribution in [0.15, 0.2) is 84.9 Å². The van der Waals surface area contributed by atoms with Gasteiger partial charge in [-0.3, -0.25) is 4.79 Å². The lowest BCUT2D eigenvalue weighted by atomic mass is 9.99. The minimum atomic E-state index is -0.296. The second kappa shape index (κ2) is 9.27. The molecule has 0 radical (unpaired) electrons. The topological polar surface area (TPSA) is 61.4 Å². The van der Waals surface area contributed by atoms with Crippen LogP contribution in [0.3, 0.4) is 0 Å². The summed E-state index contributed by atoms with van der Waals surface area (Å²) >= 11 is 0. The summed E-state index contributed by atoms with van der Waals surface area (Å²) in [4.78, 5) is 26.8. The predicted octanol–water partition coefficient (Wildman–Crippen LogP) is 5.11. The normalized spacial score (nSPS) is 13.9. The monoisotopic (exact) mass is 399 g/mol. The van der Waals surface area contributed by atoms with Gasteiger partial charge in [0.25, 0.3) is 0 Å². The number of nitrogens with one attached hydrogen (secondary N) is 2. The van der Waals surface area contributed by atoms with Gasteiger partial charge in [0.2, 0.25) is 5.91 Å². The molecular formula is C25H25N3O2. The van der Waals surface area contributed by atoms with Crippen molar-refractivity contribution in [3.05, 3.63) is 96.1 Å². The van der Waals surface area contributed by atoms with Crippen molar-refractivity contribution >= 4 is 23.3 Å². The van der Waals surface area contributed by atoms with Gasteiger partial charge in [0.15, 0.2) is 0 Å². The molecule has 30 heavy (non-hydrogen) atoms. The van der Waals surface area contributed by atoms with Crippen LogP contribution in [0, 0.1) is 0 Å². The lowest BCUT2D eigenvalue weighted by molar-refractivity contribution is -0.119. The Bertz CT molecular complexity index is 966. The molecule has 0 aromatic heterocycles. The summed E-state index contributed by atoms with van der Waals surface area (Å²) in [6, 6.07) is 26.7. The van der Waals surface area contributed by atoms with Gasteiger partial charge in [-0.25, -0.2) is 4.79 Å². The van der Waals surface area contributed by atoms with Crippen LogP contribution >= 0.6 is 0 Å². The highest BCUT2D eigenvalue weighted by Gasteiger charge is 2.20. The molecule has 0 aliphatic carbocycles. The quantitative estimate of drug-likeness (QED) is 0.626. The highest BCUT2D eigenvalue weighted by molar-refractivity contribution is 5.95. The molecule has 152 valence electrons. The van der Waals surface area contributed by atoms with Crippen molar-refractivity contribution in [3.63, 3.8) is 0 Å². The van der Waals surface area contributed by atoms with Crippen LogP contribution in [-0.2, 0) is 4.79 Å². The first-order valence-corrected chi connectivity index (χ1v) is 10.3. The fraction of sp³-hybridized carbons (Fsp3) is 0.200. The molecule has 0 spiro atoms. The maximum atomic E-state index is 12.8. The van der Waals surface area contributed by atoms with Gasteiger partial charge in [-0.05, 0) is 42.2 Å². The van der Waals surface area contributed by atoms with E-state index in [1.54, 1.807) is 4.90 Å². The van der Waals surface area contributed by atoms with Crippen molar-refractivity contribution in [2.75, 3.05) is 16.8 Å². The van der Waals surface area contributed by atoms with Gasteiger partial charge in [0.1, 0.15) is 0 Å². The van der Waals surface area contributed by atoms with E-state index in [-0.39, 0.29) is 18.0 Å². The third kappa shape index (κ3) is 4.69. The van der Waals surface area contributed by atoms with Gasteiger partial charge >= 0.3 is 6.03 Å². The summed E-state index contributed by atoms with van der Waals surface area (Å²) in [6.07, 6.45) is 2.52. The van der Waals surface area contributed by atoms with Gasteiger partial charge in [-0.15, -0.1) is 0 Å². The number of urea groups is 1. The number of piperidine rings is 1. The Morgan fingerprint density at radius 2 is 1.50 bits per heavy atom. The van der Waals surface area contributed by atoms with Crippen LogP contribution in [0.4, 0.5) is 16.2 Å². The SMILES string of the molecule is O=C(Nc1cccc(N2CCCCC2=O)c1)NC(c1ccccc1)c1ccccc1. The Hall–Kier alpha value is -3.60. The number of hydrogen-bond acceptors (Lipinski definition) is 2. The number of anilines is 2. The van der Waals surface area contributed by atoms with E-state index in [1.807, 2.05) is 84.9 Å². The zero-order chi connectivity index (χ0) is 20.8. The van der Waals surface area contributed by atoms with E-state index in [4.69, 9.17) is 0 Å². The number of benzene rings is 3. The van der Waals surface area contributed by atoms with Crippen molar-refractivity contribution in [1.82, 2.24) is 5.32 Å². The second-order valence-electron chi connectivity index (χ2n) is 7.41. The average Bonchev–Trinajstić information content (AvgIpc) is 2.79. The maximum absolute atomic E-state index is 12.8.